The van der Waals surface area contributed by atoms with E-state index in [-0.39, 0.29) is 6.17 Å². The van der Waals surface area contributed by atoms with Gasteiger partial charge in [-0.05, 0) is 106 Å². The number of benzene rings is 5. The van der Waals surface area contributed by atoms with E-state index in [9.17, 15) is 0 Å². The van der Waals surface area contributed by atoms with Crippen LogP contribution in [0.15, 0.2) is 127 Å². The molecule has 1 heterocycles. The molecule has 5 aromatic carbocycles. The van der Waals surface area contributed by atoms with Gasteiger partial charge >= 0.3 is 0 Å². The van der Waals surface area contributed by atoms with Gasteiger partial charge in [-0.15, -0.1) is 0 Å². The first kappa shape index (κ1) is 27.6. The SMILES string of the molecule is c1ccc(C2CNC(c3cc4ccc3CCc3ccc(cc3C3CC(c5ccccc5)C(c5ccccc5)C3)CC4)N2)cc1. The highest BCUT2D eigenvalue weighted by Gasteiger charge is 2.37. The summed E-state index contributed by atoms with van der Waals surface area (Å²) in [6.45, 7) is 0.954. The normalized spacial score (nSPS) is 24.7. The summed E-state index contributed by atoms with van der Waals surface area (Å²) in [5.74, 6) is 1.68. The van der Waals surface area contributed by atoms with Crippen molar-refractivity contribution in [2.75, 3.05) is 6.54 Å². The van der Waals surface area contributed by atoms with E-state index < -0.39 is 0 Å². The zero-order valence-corrected chi connectivity index (χ0v) is 25.5. The van der Waals surface area contributed by atoms with Crippen LogP contribution >= 0.6 is 0 Å². The van der Waals surface area contributed by atoms with Crippen LogP contribution in [-0.4, -0.2) is 6.54 Å². The summed E-state index contributed by atoms with van der Waals surface area (Å²) in [6.07, 6.45) is 6.93. The summed E-state index contributed by atoms with van der Waals surface area (Å²) in [7, 11) is 0. The van der Waals surface area contributed by atoms with Crippen molar-refractivity contribution in [2.24, 2.45) is 0 Å². The highest BCUT2D eigenvalue weighted by molar-refractivity contribution is 5.43. The molecule has 2 nitrogen and oxygen atoms in total. The van der Waals surface area contributed by atoms with E-state index in [0.29, 0.717) is 23.8 Å². The third-order valence-corrected chi connectivity index (χ3v) is 10.7. The molecule has 11 rings (SSSR count). The smallest absolute Gasteiger partial charge is 0.0844 e. The van der Waals surface area contributed by atoms with Crippen molar-refractivity contribution in [1.29, 1.82) is 0 Å². The quantitative estimate of drug-likeness (QED) is 0.219. The van der Waals surface area contributed by atoms with Crippen molar-refractivity contribution in [3.63, 3.8) is 0 Å². The molecule has 5 aromatic rings. The molecule has 44 heavy (non-hydrogen) atoms. The summed E-state index contributed by atoms with van der Waals surface area (Å²) >= 11 is 0. The molecule has 2 fully saturated rings. The monoisotopic (exact) mass is 574 g/mol. The van der Waals surface area contributed by atoms with Crippen LogP contribution in [0.4, 0.5) is 0 Å². The van der Waals surface area contributed by atoms with Crippen molar-refractivity contribution < 1.29 is 0 Å². The molecular weight excluding hydrogens is 532 g/mol. The van der Waals surface area contributed by atoms with Gasteiger partial charge in [0, 0.05) is 12.6 Å². The second-order valence-corrected chi connectivity index (χ2v) is 13.2. The van der Waals surface area contributed by atoms with E-state index in [1.54, 1.807) is 11.1 Å². The molecule has 1 saturated heterocycles. The molecule has 0 radical (unpaired) electrons. The minimum absolute atomic E-state index is 0.187. The van der Waals surface area contributed by atoms with Gasteiger partial charge in [0.15, 0.2) is 0 Å². The Morgan fingerprint density at radius 1 is 0.477 bits per heavy atom. The van der Waals surface area contributed by atoms with E-state index in [4.69, 9.17) is 0 Å². The van der Waals surface area contributed by atoms with E-state index in [1.807, 2.05) is 0 Å². The standard InChI is InChI=1S/C42H42N2/c1-4-10-31(11-5-1)38-26-36(27-39(38)32-12-6-2-7-13-32)37-24-29-16-17-30-19-21-34(23-22-33(37)20-18-29)40(25-30)42-43-28-41(44-42)35-14-8-3-9-15-35/h1-15,18-21,24-25,36,38-39,41-44H,16-17,22-23,26-28H2. The van der Waals surface area contributed by atoms with Gasteiger partial charge in [0.25, 0.3) is 0 Å². The summed E-state index contributed by atoms with van der Waals surface area (Å²) < 4.78 is 0. The molecule has 2 N–H and O–H groups in total. The highest BCUT2D eigenvalue weighted by Crippen LogP contribution is 2.53. The first-order valence-electron chi connectivity index (χ1n) is 16.7. The minimum atomic E-state index is 0.187. The third-order valence-electron chi connectivity index (χ3n) is 10.7. The lowest BCUT2D eigenvalue weighted by Crippen LogP contribution is -2.24. The van der Waals surface area contributed by atoms with Crippen molar-refractivity contribution in [3.05, 3.63) is 177 Å². The molecule has 1 aliphatic heterocycles. The summed E-state index contributed by atoms with van der Waals surface area (Å²) in [5.41, 5.74) is 13.3. The van der Waals surface area contributed by atoms with Crippen LogP contribution in [0, 0.1) is 0 Å². The fraction of sp³-hybridized carbons (Fsp3) is 0.286. The van der Waals surface area contributed by atoms with Crippen LogP contribution in [0.2, 0.25) is 0 Å². The van der Waals surface area contributed by atoms with Crippen molar-refractivity contribution >= 4 is 0 Å². The zero-order chi connectivity index (χ0) is 29.3. The number of nitrogens with one attached hydrogen (secondary N) is 2. The van der Waals surface area contributed by atoms with Crippen LogP contribution < -0.4 is 10.6 Å². The average molecular weight is 575 g/mol. The molecule has 220 valence electrons. The van der Waals surface area contributed by atoms with Gasteiger partial charge in [0.1, 0.15) is 0 Å². The second kappa shape index (κ2) is 12.2. The number of rotatable bonds is 5. The Labute approximate surface area is 262 Å². The summed E-state index contributed by atoms with van der Waals surface area (Å²) in [5, 5.41) is 7.73. The molecule has 0 spiro atoms. The fourth-order valence-corrected chi connectivity index (χ4v) is 8.34. The Morgan fingerprint density at radius 3 is 1.55 bits per heavy atom. The largest absolute Gasteiger partial charge is 0.296 e. The van der Waals surface area contributed by atoms with Crippen LogP contribution in [0.1, 0.15) is 92.9 Å². The number of hydrogen-bond acceptors (Lipinski definition) is 2. The Morgan fingerprint density at radius 2 is 0.977 bits per heavy atom. The maximum absolute atomic E-state index is 3.92. The maximum Gasteiger partial charge on any atom is 0.0844 e. The first-order valence-corrected chi connectivity index (χ1v) is 16.7. The van der Waals surface area contributed by atoms with Crippen LogP contribution in [0.25, 0.3) is 0 Å². The van der Waals surface area contributed by atoms with Gasteiger partial charge in [0.05, 0.1) is 6.17 Å². The molecule has 2 heteroatoms. The zero-order valence-electron chi connectivity index (χ0n) is 25.5. The molecule has 0 aromatic heterocycles. The molecular formula is C42H42N2. The van der Waals surface area contributed by atoms with E-state index in [2.05, 4.69) is 138 Å². The summed E-state index contributed by atoms with van der Waals surface area (Å²) in [4.78, 5) is 0. The molecule has 0 amide bonds. The van der Waals surface area contributed by atoms with Gasteiger partial charge in [-0.25, -0.2) is 0 Å². The number of hydrogen-bond donors (Lipinski definition) is 2. The lowest BCUT2D eigenvalue weighted by molar-refractivity contribution is 0.548. The highest BCUT2D eigenvalue weighted by atomic mass is 15.2. The van der Waals surface area contributed by atoms with Crippen molar-refractivity contribution in [3.8, 4) is 0 Å². The summed E-state index contributed by atoms with van der Waals surface area (Å²) in [6, 6.07) is 48.5. The van der Waals surface area contributed by atoms with Crippen LogP contribution in [0.3, 0.4) is 0 Å². The molecule has 5 aliphatic carbocycles. The second-order valence-electron chi connectivity index (χ2n) is 13.2. The van der Waals surface area contributed by atoms with Gasteiger partial charge in [-0.2, -0.15) is 0 Å². The van der Waals surface area contributed by atoms with Crippen LogP contribution in [-0.2, 0) is 25.7 Å². The molecule has 6 aliphatic rings. The van der Waals surface area contributed by atoms with Crippen molar-refractivity contribution in [1.82, 2.24) is 10.6 Å². The molecule has 1 saturated carbocycles. The first-order chi connectivity index (χ1) is 21.8. The Kier molecular flexibility index (Phi) is 7.64. The number of aryl methyl sites for hydroxylation is 4. The van der Waals surface area contributed by atoms with Gasteiger partial charge in [-0.1, -0.05) is 127 Å². The van der Waals surface area contributed by atoms with Gasteiger partial charge in [-0.3, -0.25) is 10.6 Å². The predicted octanol–water partition coefficient (Wildman–Crippen LogP) is 8.95. The predicted molar refractivity (Wildman–Crippen MR) is 181 cm³/mol. The van der Waals surface area contributed by atoms with Gasteiger partial charge < -0.3 is 0 Å². The van der Waals surface area contributed by atoms with Crippen LogP contribution in [0.5, 0.6) is 0 Å². The van der Waals surface area contributed by atoms with E-state index in [0.717, 1.165) is 32.2 Å². The minimum Gasteiger partial charge on any atom is -0.296 e. The maximum atomic E-state index is 3.92. The molecule has 4 bridgehead atoms. The lowest BCUT2D eigenvalue weighted by Gasteiger charge is -2.22. The third kappa shape index (κ3) is 5.54. The fourth-order valence-electron chi connectivity index (χ4n) is 8.34. The molecule has 4 atom stereocenters. The molecule has 4 unspecified atom stereocenters. The Bertz CT molecular complexity index is 1660. The Hall–Kier alpha value is -3.98. The van der Waals surface area contributed by atoms with E-state index in [1.165, 1.54) is 51.8 Å². The van der Waals surface area contributed by atoms with E-state index >= 15 is 0 Å². The topological polar surface area (TPSA) is 24.1 Å². The van der Waals surface area contributed by atoms with Crippen molar-refractivity contribution in [2.45, 2.75) is 68.5 Å². The average Bonchev–Trinajstić information content (AvgIpc) is 3.76. The van der Waals surface area contributed by atoms with Gasteiger partial charge in [0.2, 0.25) is 0 Å². The lowest BCUT2D eigenvalue weighted by atomic mass is 9.84. The Balaban J connectivity index is 1.09.